The van der Waals surface area contributed by atoms with E-state index in [2.05, 4.69) is 15.3 Å². The van der Waals surface area contributed by atoms with Gasteiger partial charge in [-0.3, -0.25) is 9.78 Å². The molecule has 4 atom stereocenters. The third-order valence-corrected chi connectivity index (χ3v) is 5.76. The average molecular weight is 421 g/mol. The molecule has 7 heteroatoms. The predicted octanol–water partition coefficient (Wildman–Crippen LogP) is 4.38. The summed E-state index contributed by atoms with van der Waals surface area (Å²) < 4.78 is 20.2. The number of aliphatic hydroxyl groups excluding tert-OH is 1. The predicted molar refractivity (Wildman–Crippen MR) is 115 cm³/mol. The summed E-state index contributed by atoms with van der Waals surface area (Å²) in [5.41, 5.74) is 2.09. The second-order valence-corrected chi connectivity index (χ2v) is 7.80. The lowest BCUT2D eigenvalue weighted by molar-refractivity contribution is -0.124. The fraction of sp³-hybridized carbons (Fsp3) is 0.292. The van der Waals surface area contributed by atoms with Crippen molar-refractivity contribution in [2.45, 2.75) is 38.6 Å². The van der Waals surface area contributed by atoms with E-state index in [0.29, 0.717) is 23.4 Å². The van der Waals surface area contributed by atoms with Crippen molar-refractivity contribution in [3.05, 3.63) is 78.0 Å². The molecule has 0 aliphatic carbocycles. The van der Waals surface area contributed by atoms with Crippen LogP contribution >= 0.6 is 0 Å². The van der Waals surface area contributed by atoms with Crippen LogP contribution in [-0.2, 0) is 4.74 Å². The maximum atomic E-state index is 14.1. The highest BCUT2D eigenvalue weighted by atomic mass is 19.1. The molecule has 1 fully saturated rings. The third kappa shape index (κ3) is 4.47. The van der Waals surface area contributed by atoms with E-state index in [-0.39, 0.29) is 23.8 Å². The molecular formula is C24H24FN3O3. The molecule has 6 nitrogen and oxygen atoms in total. The number of aliphatic hydroxyl groups is 1. The molecule has 0 bridgehead atoms. The van der Waals surface area contributed by atoms with Crippen molar-refractivity contribution in [2.75, 3.05) is 5.32 Å². The van der Waals surface area contributed by atoms with Gasteiger partial charge in [0.25, 0.3) is 5.91 Å². The Kier molecular flexibility index (Phi) is 6.06. The maximum Gasteiger partial charge on any atom is 0.274 e. The number of nitrogens with one attached hydrogen (secondary N) is 1. The molecule has 1 aromatic carbocycles. The minimum atomic E-state index is -0.496. The van der Waals surface area contributed by atoms with E-state index >= 15 is 0 Å². The molecule has 0 spiro atoms. The fourth-order valence-corrected chi connectivity index (χ4v) is 3.74. The van der Waals surface area contributed by atoms with E-state index < -0.39 is 17.8 Å². The zero-order valence-corrected chi connectivity index (χ0v) is 17.3. The Hall–Kier alpha value is -3.16. The van der Waals surface area contributed by atoms with Crippen LogP contribution in [-0.4, -0.2) is 33.2 Å². The lowest BCUT2D eigenvalue weighted by atomic mass is 9.88. The van der Waals surface area contributed by atoms with Gasteiger partial charge in [-0.1, -0.05) is 25.1 Å². The van der Waals surface area contributed by atoms with Gasteiger partial charge in [0.15, 0.2) is 0 Å². The zero-order chi connectivity index (χ0) is 22.0. The molecule has 31 heavy (non-hydrogen) atoms. The summed E-state index contributed by atoms with van der Waals surface area (Å²) in [5.74, 6) is -0.815. The van der Waals surface area contributed by atoms with Crippen molar-refractivity contribution in [1.82, 2.24) is 9.97 Å². The minimum Gasteiger partial charge on any atom is -0.393 e. The number of ether oxygens (including phenoxy) is 1. The normalized spacial score (nSPS) is 23.4. The number of pyridine rings is 2. The highest BCUT2D eigenvalue weighted by molar-refractivity contribution is 6.03. The van der Waals surface area contributed by atoms with Crippen molar-refractivity contribution in [3.63, 3.8) is 0 Å². The van der Waals surface area contributed by atoms with Crippen LogP contribution in [0.5, 0.6) is 0 Å². The van der Waals surface area contributed by atoms with E-state index in [0.717, 1.165) is 5.56 Å². The van der Waals surface area contributed by atoms with Crippen molar-refractivity contribution in [2.24, 2.45) is 5.92 Å². The van der Waals surface area contributed by atoms with Crippen molar-refractivity contribution in [3.8, 4) is 11.3 Å². The van der Waals surface area contributed by atoms with E-state index in [1.165, 1.54) is 6.07 Å². The number of halogens is 1. The van der Waals surface area contributed by atoms with Crippen LogP contribution in [0.25, 0.3) is 11.3 Å². The number of hydrogen-bond donors (Lipinski definition) is 2. The molecule has 3 heterocycles. The average Bonchev–Trinajstić information content (AvgIpc) is 2.78. The van der Waals surface area contributed by atoms with Gasteiger partial charge in [-0.05, 0) is 37.3 Å². The number of amides is 1. The van der Waals surface area contributed by atoms with Crippen LogP contribution in [0.4, 0.5) is 10.1 Å². The summed E-state index contributed by atoms with van der Waals surface area (Å²) >= 11 is 0. The first kappa shape index (κ1) is 21.1. The summed E-state index contributed by atoms with van der Waals surface area (Å²) in [6.07, 6.45) is 2.62. The van der Waals surface area contributed by atoms with E-state index in [1.807, 2.05) is 13.8 Å². The Morgan fingerprint density at radius 2 is 1.97 bits per heavy atom. The number of nitrogens with zero attached hydrogens (tertiary/aromatic N) is 2. The minimum absolute atomic E-state index is 0.0291. The molecule has 2 aromatic heterocycles. The van der Waals surface area contributed by atoms with E-state index in [1.54, 1.807) is 54.9 Å². The molecule has 4 rings (SSSR count). The molecule has 1 saturated heterocycles. The lowest BCUT2D eigenvalue weighted by Crippen LogP contribution is -2.38. The van der Waals surface area contributed by atoms with E-state index in [4.69, 9.17) is 4.74 Å². The first-order chi connectivity index (χ1) is 14.9. The maximum absolute atomic E-state index is 14.1. The van der Waals surface area contributed by atoms with Crippen molar-refractivity contribution >= 4 is 11.6 Å². The summed E-state index contributed by atoms with van der Waals surface area (Å²) in [6, 6.07) is 13.0. The van der Waals surface area contributed by atoms with Crippen LogP contribution in [0.3, 0.4) is 0 Å². The summed E-state index contributed by atoms with van der Waals surface area (Å²) in [4.78, 5) is 21.4. The standard InChI is InChI=1S/C24H24FN3O3/c1-14-15(2)31-23(12-22(14)29)17-10-11-26-13-21(17)28-24(30)20-9-5-8-19(27-20)16-6-3-4-7-18(16)25/h3-11,13-15,22-23,29H,12H2,1-2H3,(H,28,30)/t14-,15+,22+,23+/m0/s1. The molecule has 1 amide bonds. The van der Waals surface area contributed by atoms with Crippen LogP contribution in [0, 0.1) is 11.7 Å². The van der Waals surface area contributed by atoms with Gasteiger partial charge in [-0.2, -0.15) is 0 Å². The highest BCUT2D eigenvalue weighted by Gasteiger charge is 2.34. The molecule has 0 unspecified atom stereocenters. The van der Waals surface area contributed by atoms with Gasteiger partial charge >= 0.3 is 0 Å². The Balaban J connectivity index is 1.58. The van der Waals surface area contributed by atoms with Crippen molar-refractivity contribution in [1.29, 1.82) is 0 Å². The number of aromatic nitrogens is 2. The third-order valence-electron chi connectivity index (χ3n) is 5.76. The second-order valence-electron chi connectivity index (χ2n) is 7.80. The Bertz CT molecular complexity index is 1080. The SMILES string of the molecule is C[C@@H]1[C@H](O)C[C@H](c2ccncc2NC(=O)c2cccc(-c3ccccc3F)n2)O[C@@H]1C. The molecule has 0 saturated carbocycles. The number of benzene rings is 1. The highest BCUT2D eigenvalue weighted by Crippen LogP contribution is 2.37. The Morgan fingerprint density at radius 1 is 1.16 bits per heavy atom. The number of carbonyl (C=O) groups is 1. The lowest BCUT2D eigenvalue weighted by Gasteiger charge is -2.37. The smallest absolute Gasteiger partial charge is 0.274 e. The topological polar surface area (TPSA) is 84.3 Å². The van der Waals surface area contributed by atoms with Gasteiger partial charge < -0.3 is 15.2 Å². The first-order valence-electron chi connectivity index (χ1n) is 10.2. The number of carbonyl (C=O) groups excluding carboxylic acids is 1. The van der Waals surface area contributed by atoms with Gasteiger partial charge in [0, 0.05) is 29.7 Å². The molecule has 0 radical (unpaired) electrons. The van der Waals surface area contributed by atoms with Gasteiger partial charge in [-0.25, -0.2) is 9.37 Å². The summed E-state index contributed by atoms with van der Waals surface area (Å²) in [6.45, 7) is 3.88. The fourth-order valence-electron chi connectivity index (χ4n) is 3.74. The zero-order valence-electron chi connectivity index (χ0n) is 17.3. The number of rotatable bonds is 4. The summed E-state index contributed by atoms with van der Waals surface area (Å²) in [7, 11) is 0. The van der Waals surface area contributed by atoms with Gasteiger partial charge in [-0.15, -0.1) is 0 Å². The number of hydrogen-bond acceptors (Lipinski definition) is 5. The van der Waals surface area contributed by atoms with Crippen LogP contribution < -0.4 is 5.32 Å². The first-order valence-corrected chi connectivity index (χ1v) is 10.2. The Labute approximate surface area is 180 Å². The summed E-state index contributed by atoms with van der Waals surface area (Å²) in [5, 5.41) is 13.2. The van der Waals surface area contributed by atoms with Gasteiger partial charge in [0.2, 0.25) is 0 Å². The van der Waals surface area contributed by atoms with Crippen LogP contribution in [0.2, 0.25) is 0 Å². The Morgan fingerprint density at radius 3 is 2.74 bits per heavy atom. The number of anilines is 1. The largest absolute Gasteiger partial charge is 0.393 e. The van der Waals surface area contributed by atoms with Crippen molar-refractivity contribution < 1.29 is 19.0 Å². The molecule has 3 aromatic rings. The molecule has 2 N–H and O–H groups in total. The van der Waals surface area contributed by atoms with Crippen LogP contribution in [0.1, 0.15) is 42.4 Å². The molecule has 160 valence electrons. The monoisotopic (exact) mass is 421 g/mol. The second kappa shape index (κ2) is 8.91. The van der Waals surface area contributed by atoms with Gasteiger partial charge in [0.1, 0.15) is 11.5 Å². The molecule has 1 aliphatic heterocycles. The van der Waals surface area contributed by atoms with Gasteiger partial charge in [0.05, 0.1) is 35.9 Å². The molecular weight excluding hydrogens is 397 g/mol. The van der Waals surface area contributed by atoms with Crippen LogP contribution in [0.15, 0.2) is 60.9 Å². The van der Waals surface area contributed by atoms with E-state index in [9.17, 15) is 14.3 Å². The molecule has 1 aliphatic rings. The quantitative estimate of drug-likeness (QED) is 0.653.